The number of carbonyl (C=O) groups excluding carboxylic acids is 2. The van der Waals surface area contributed by atoms with Crippen LogP contribution in [0, 0.1) is 0 Å². The van der Waals surface area contributed by atoms with E-state index in [4.69, 9.17) is 0 Å². The Kier molecular flexibility index (Phi) is 13.8. The first-order valence-electron chi connectivity index (χ1n) is 11.9. The number of unbranched alkanes of at least 4 members (excludes halogenated alkanes) is 3. The standard InChI is InChI=1S/C24H40NO5PS2/c1-5-8-15-31(16-9-6-2,17-10-7-3)19-24(27)32-22-14-12-11-13-21(22)18-23(26)25-20(4)33(28,29)30/h11-14,20H,5-10,15-19H2,1-4H3,(H-,25,26,28,29,30). The van der Waals surface area contributed by atoms with Crippen molar-refractivity contribution in [2.24, 2.45) is 0 Å². The van der Waals surface area contributed by atoms with Gasteiger partial charge in [0.15, 0.2) is 0 Å². The first-order chi connectivity index (χ1) is 15.6. The molecule has 1 rings (SSSR count). The summed E-state index contributed by atoms with van der Waals surface area (Å²) in [4.78, 5) is 26.2. The lowest BCUT2D eigenvalue weighted by Gasteiger charge is -2.27. The summed E-state index contributed by atoms with van der Waals surface area (Å²) in [5, 5.41) is 0.884. The number of amides is 1. The lowest BCUT2D eigenvalue weighted by atomic mass is 10.1. The maximum Gasteiger partial charge on any atom is 0.230 e. The topological polar surface area (TPSA) is 103 Å². The Morgan fingerprint density at radius 1 is 1.00 bits per heavy atom. The summed E-state index contributed by atoms with van der Waals surface area (Å²) in [6.45, 7) is 7.75. The summed E-state index contributed by atoms with van der Waals surface area (Å²) in [5.41, 5.74) is 0.656. The number of carbonyl (C=O) groups is 2. The van der Waals surface area contributed by atoms with Crippen LogP contribution in [-0.2, 0) is 26.1 Å². The molecule has 0 heterocycles. The molecule has 0 saturated carbocycles. The molecule has 0 aliphatic rings. The molecular weight excluding hydrogens is 477 g/mol. The van der Waals surface area contributed by atoms with Crippen LogP contribution < -0.4 is 5.32 Å². The minimum atomic E-state index is -4.60. The fraction of sp³-hybridized carbons (Fsp3) is 0.667. The Labute approximate surface area is 205 Å². The molecule has 1 unspecified atom stereocenters. The van der Waals surface area contributed by atoms with E-state index in [0.717, 1.165) is 50.3 Å². The number of thioether (sulfide) groups is 1. The number of nitrogens with one attached hydrogen (secondary N) is 1. The maximum absolute atomic E-state index is 13.2. The van der Waals surface area contributed by atoms with E-state index in [1.165, 1.54) is 30.2 Å². The monoisotopic (exact) mass is 517 g/mol. The van der Waals surface area contributed by atoms with E-state index in [1.54, 1.807) is 12.1 Å². The van der Waals surface area contributed by atoms with Gasteiger partial charge in [-0.1, -0.05) is 58.2 Å². The fourth-order valence-corrected chi connectivity index (χ4v) is 10.4. The van der Waals surface area contributed by atoms with Gasteiger partial charge < -0.3 is 9.87 Å². The zero-order chi connectivity index (χ0) is 24.9. The van der Waals surface area contributed by atoms with Crippen LogP contribution >= 0.6 is 19.0 Å². The number of hydrogen-bond acceptors (Lipinski definition) is 6. The Morgan fingerprint density at radius 3 is 2.00 bits per heavy atom. The Hall–Kier alpha value is -0.950. The van der Waals surface area contributed by atoms with Crippen molar-refractivity contribution >= 4 is 40.2 Å². The summed E-state index contributed by atoms with van der Waals surface area (Å²) in [6.07, 6.45) is 10.9. The van der Waals surface area contributed by atoms with Crippen molar-refractivity contribution in [3.8, 4) is 0 Å². The molecule has 1 aromatic carbocycles. The lowest BCUT2D eigenvalue weighted by Crippen LogP contribution is -2.39. The predicted octanol–water partition coefficient (Wildman–Crippen LogP) is 5.27. The van der Waals surface area contributed by atoms with Gasteiger partial charge in [0.05, 0.1) is 24.9 Å². The van der Waals surface area contributed by atoms with E-state index in [0.29, 0.717) is 11.7 Å². The van der Waals surface area contributed by atoms with Gasteiger partial charge in [0.25, 0.3) is 0 Å². The fourth-order valence-electron chi connectivity index (χ4n) is 3.75. The highest BCUT2D eigenvalue weighted by molar-refractivity contribution is 8.14. The van der Waals surface area contributed by atoms with E-state index < -0.39 is 28.7 Å². The van der Waals surface area contributed by atoms with Gasteiger partial charge in [0, 0.05) is 12.2 Å². The minimum Gasteiger partial charge on any atom is -0.746 e. The van der Waals surface area contributed by atoms with Crippen molar-refractivity contribution in [3.63, 3.8) is 0 Å². The third-order valence-electron chi connectivity index (χ3n) is 5.77. The molecule has 6 nitrogen and oxygen atoms in total. The van der Waals surface area contributed by atoms with E-state index in [-0.39, 0.29) is 11.5 Å². The molecule has 1 aromatic rings. The number of hydrogen-bond donors (Lipinski definition) is 1. The second-order valence-electron chi connectivity index (χ2n) is 8.69. The summed E-state index contributed by atoms with van der Waals surface area (Å²) in [5.74, 6) is -0.557. The van der Waals surface area contributed by atoms with Crippen molar-refractivity contribution in [2.45, 2.75) is 82.9 Å². The third kappa shape index (κ3) is 11.3. The SMILES string of the molecule is CCCC[P+](CCCC)(CCCC)CC(=O)Sc1ccccc1CC(=O)NC(C)S(=O)(=O)[O-]. The largest absolute Gasteiger partial charge is 0.746 e. The van der Waals surface area contributed by atoms with Crippen LogP contribution in [0.5, 0.6) is 0 Å². The Bertz CT molecular complexity index is 838. The van der Waals surface area contributed by atoms with Gasteiger partial charge in [0.2, 0.25) is 11.0 Å². The van der Waals surface area contributed by atoms with E-state index in [2.05, 4.69) is 26.1 Å². The molecule has 9 heteroatoms. The zero-order valence-corrected chi connectivity index (χ0v) is 23.0. The van der Waals surface area contributed by atoms with Gasteiger partial charge >= 0.3 is 0 Å². The molecule has 0 bridgehead atoms. The summed E-state index contributed by atoms with van der Waals surface area (Å²) in [6, 6.07) is 7.20. The van der Waals surface area contributed by atoms with E-state index in [9.17, 15) is 22.6 Å². The average molecular weight is 518 g/mol. The molecular formula is C24H40NO5PS2. The summed E-state index contributed by atoms with van der Waals surface area (Å²) < 4.78 is 33.2. The maximum atomic E-state index is 13.2. The highest BCUT2D eigenvalue weighted by Crippen LogP contribution is 2.61. The zero-order valence-electron chi connectivity index (χ0n) is 20.5. The molecule has 0 spiro atoms. The first-order valence-corrected chi connectivity index (χ1v) is 16.8. The second-order valence-corrected chi connectivity index (χ2v) is 15.8. The molecule has 0 saturated heterocycles. The van der Waals surface area contributed by atoms with Crippen LogP contribution in [0.3, 0.4) is 0 Å². The van der Waals surface area contributed by atoms with Gasteiger partial charge in [0.1, 0.15) is 21.7 Å². The highest BCUT2D eigenvalue weighted by Gasteiger charge is 2.38. The molecule has 0 aliphatic carbocycles. The molecule has 1 amide bonds. The summed E-state index contributed by atoms with van der Waals surface area (Å²) in [7, 11) is -5.97. The van der Waals surface area contributed by atoms with E-state index >= 15 is 0 Å². The van der Waals surface area contributed by atoms with Crippen LogP contribution in [0.1, 0.15) is 71.8 Å². The molecule has 0 aliphatic heterocycles. The van der Waals surface area contributed by atoms with Crippen molar-refractivity contribution in [1.82, 2.24) is 5.32 Å². The van der Waals surface area contributed by atoms with Crippen molar-refractivity contribution in [1.29, 1.82) is 0 Å². The molecule has 1 atom stereocenters. The van der Waals surface area contributed by atoms with Gasteiger partial charge in [-0.2, -0.15) is 0 Å². The Balaban J connectivity index is 2.96. The van der Waals surface area contributed by atoms with Crippen molar-refractivity contribution in [2.75, 3.05) is 24.6 Å². The molecule has 0 aromatic heterocycles. The van der Waals surface area contributed by atoms with Crippen LogP contribution in [0.15, 0.2) is 29.2 Å². The lowest BCUT2D eigenvalue weighted by molar-refractivity contribution is -0.120. The van der Waals surface area contributed by atoms with Crippen molar-refractivity contribution in [3.05, 3.63) is 29.8 Å². The Morgan fingerprint density at radius 2 is 1.52 bits per heavy atom. The molecule has 33 heavy (non-hydrogen) atoms. The molecule has 1 N–H and O–H groups in total. The van der Waals surface area contributed by atoms with Gasteiger partial charge in [-0.15, -0.1) is 0 Å². The number of benzene rings is 1. The molecule has 0 radical (unpaired) electrons. The smallest absolute Gasteiger partial charge is 0.230 e. The minimum absolute atomic E-state index is 0.0852. The first kappa shape index (κ1) is 30.1. The predicted molar refractivity (Wildman–Crippen MR) is 139 cm³/mol. The molecule has 188 valence electrons. The summed E-state index contributed by atoms with van der Waals surface area (Å²) >= 11 is 1.19. The van der Waals surface area contributed by atoms with E-state index in [1.807, 2.05) is 12.1 Å². The van der Waals surface area contributed by atoms with Crippen LogP contribution in [0.2, 0.25) is 0 Å². The highest BCUT2D eigenvalue weighted by atomic mass is 32.2. The third-order valence-corrected chi connectivity index (χ3v) is 12.7. The van der Waals surface area contributed by atoms with Gasteiger partial charge in [-0.05, 0) is 49.6 Å². The normalized spacial score (nSPS) is 13.0. The van der Waals surface area contributed by atoms with Gasteiger partial charge in [-0.25, -0.2) is 8.42 Å². The van der Waals surface area contributed by atoms with Crippen LogP contribution in [0.25, 0.3) is 0 Å². The molecule has 0 fully saturated rings. The van der Waals surface area contributed by atoms with Crippen molar-refractivity contribution < 1.29 is 22.6 Å². The average Bonchev–Trinajstić information content (AvgIpc) is 2.75. The van der Waals surface area contributed by atoms with Crippen LogP contribution in [-0.4, -0.2) is 54.0 Å². The quantitative estimate of drug-likeness (QED) is 0.182. The second kappa shape index (κ2) is 15.1. The van der Waals surface area contributed by atoms with Crippen LogP contribution in [0.4, 0.5) is 0 Å². The number of rotatable bonds is 16. The van der Waals surface area contributed by atoms with Gasteiger partial charge in [-0.3, -0.25) is 9.59 Å².